The zero-order valence-corrected chi connectivity index (χ0v) is 11.9. The van der Waals surface area contributed by atoms with Crippen molar-refractivity contribution >= 4 is 23.2 Å². The van der Waals surface area contributed by atoms with E-state index in [9.17, 15) is 0 Å². The summed E-state index contributed by atoms with van der Waals surface area (Å²) in [6.45, 7) is 3.25. The Bertz CT molecular complexity index is 397. The molecule has 17 heavy (non-hydrogen) atoms. The maximum Gasteiger partial charge on any atom is 0.0458 e. The van der Waals surface area contributed by atoms with Crippen LogP contribution in [0.15, 0.2) is 18.2 Å². The van der Waals surface area contributed by atoms with Gasteiger partial charge >= 0.3 is 0 Å². The van der Waals surface area contributed by atoms with Crippen molar-refractivity contribution in [2.24, 2.45) is 5.92 Å². The zero-order valence-electron chi connectivity index (χ0n) is 10.4. The first-order valence-electron chi connectivity index (χ1n) is 6.21. The van der Waals surface area contributed by atoms with Gasteiger partial charge in [-0.15, -0.1) is 0 Å². The van der Waals surface area contributed by atoms with Crippen LogP contribution in [0, 0.1) is 5.92 Å². The lowest BCUT2D eigenvalue weighted by molar-refractivity contribution is 0.136. The molecule has 1 aliphatic rings. The summed E-state index contributed by atoms with van der Waals surface area (Å²) in [6, 6.07) is 5.89. The van der Waals surface area contributed by atoms with Crippen molar-refractivity contribution in [3.05, 3.63) is 33.8 Å². The first kappa shape index (κ1) is 13.2. The quantitative estimate of drug-likeness (QED) is 0.863. The predicted octanol–water partition coefficient (Wildman–Crippen LogP) is 4.27. The number of benzene rings is 1. The summed E-state index contributed by atoms with van der Waals surface area (Å²) in [5.74, 6) is 0.843. The molecule has 0 atom stereocenters. The molecule has 0 aromatic heterocycles. The van der Waals surface area contributed by atoms with Gasteiger partial charge in [-0.1, -0.05) is 42.6 Å². The van der Waals surface area contributed by atoms with E-state index in [1.807, 2.05) is 19.2 Å². The van der Waals surface area contributed by atoms with Crippen LogP contribution in [0.5, 0.6) is 0 Å². The summed E-state index contributed by atoms with van der Waals surface area (Å²) in [7, 11) is 2.00. The molecular weight excluding hydrogens is 253 g/mol. The molecule has 1 fully saturated rings. The highest BCUT2D eigenvalue weighted by Gasteiger charge is 2.44. The van der Waals surface area contributed by atoms with Crippen LogP contribution in [0.4, 0.5) is 0 Å². The largest absolute Gasteiger partial charge is 0.319 e. The van der Waals surface area contributed by atoms with Crippen LogP contribution in [-0.2, 0) is 5.41 Å². The predicted molar refractivity (Wildman–Crippen MR) is 75.1 cm³/mol. The molecule has 0 heterocycles. The van der Waals surface area contributed by atoms with Crippen LogP contribution in [0.1, 0.15) is 31.7 Å². The molecule has 0 aliphatic heterocycles. The van der Waals surface area contributed by atoms with Crippen molar-refractivity contribution in [1.82, 2.24) is 5.32 Å². The van der Waals surface area contributed by atoms with Crippen LogP contribution >= 0.6 is 23.2 Å². The first-order chi connectivity index (χ1) is 8.11. The van der Waals surface area contributed by atoms with E-state index in [0.29, 0.717) is 5.02 Å². The lowest BCUT2D eigenvalue weighted by atomic mass is 9.58. The molecule has 1 N–H and O–H groups in total. The third-order valence-corrected chi connectivity index (χ3v) is 4.50. The Kier molecular flexibility index (Phi) is 4.02. The molecule has 0 amide bonds. The molecule has 0 bridgehead atoms. The number of hydrogen-bond acceptors (Lipinski definition) is 1. The Balaban J connectivity index is 2.28. The summed E-state index contributed by atoms with van der Waals surface area (Å²) < 4.78 is 0. The number of halogens is 2. The van der Waals surface area contributed by atoms with Crippen molar-refractivity contribution in [2.45, 2.75) is 31.6 Å². The topological polar surface area (TPSA) is 12.0 Å². The second-order valence-electron chi connectivity index (χ2n) is 5.12. The van der Waals surface area contributed by atoms with Gasteiger partial charge in [0.2, 0.25) is 0 Å². The molecule has 0 radical (unpaired) electrons. The van der Waals surface area contributed by atoms with Crippen molar-refractivity contribution in [3.63, 3.8) is 0 Å². The normalized spacial score (nSPS) is 27.9. The molecule has 1 aliphatic carbocycles. The van der Waals surface area contributed by atoms with Crippen LogP contribution in [0.3, 0.4) is 0 Å². The maximum atomic E-state index is 6.34. The van der Waals surface area contributed by atoms with Crippen molar-refractivity contribution in [1.29, 1.82) is 0 Å². The monoisotopic (exact) mass is 271 g/mol. The molecule has 2 rings (SSSR count). The zero-order chi connectivity index (χ0) is 12.5. The molecule has 3 heteroatoms. The average Bonchev–Trinajstić information content (AvgIpc) is 2.23. The van der Waals surface area contributed by atoms with Gasteiger partial charge in [0, 0.05) is 22.0 Å². The summed E-state index contributed by atoms with van der Waals surface area (Å²) in [6.07, 6.45) is 3.72. The van der Waals surface area contributed by atoms with Crippen LogP contribution in [-0.4, -0.2) is 13.6 Å². The molecule has 94 valence electrons. The lowest BCUT2D eigenvalue weighted by Gasteiger charge is -2.48. The van der Waals surface area contributed by atoms with Gasteiger partial charge < -0.3 is 5.32 Å². The van der Waals surface area contributed by atoms with Gasteiger partial charge in [0.25, 0.3) is 0 Å². The highest BCUT2D eigenvalue weighted by molar-refractivity contribution is 6.35. The summed E-state index contributed by atoms with van der Waals surface area (Å²) in [5.41, 5.74) is 1.47. The van der Waals surface area contributed by atoms with Crippen LogP contribution in [0.25, 0.3) is 0 Å². The Hall–Kier alpha value is -0.240. The highest BCUT2D eigenvalue weighted by atomic mass is 35.5. The molecule has 1 saturated carbocycles. The third kappa shape index (κ3) is 2.47. The Morgan fingerprint density at radius 3 is 2.59 bits per heavy atom. The molecule has 1 aromatic rings. The van der Waals surface area contributed by atoms with Gasteiger partial charge in [0.1, 0.15) is 0 Å². The van der Waals surface area contributed by atoms with Gasteiger partial charge in [-0.3, -0.25) is 0 Å². The smallest absolute Gasteiger partial charge is 0.0458 e. The standard InChI is InChI=1S/C14H19Cl2N/c1-3-10-7-14(8-10,9-17-2)12-5-4-11(15)6-13(12)16/h4-6,10,17H,3,7-9H2,1-2H3. The number of hydrogen-bond donors (Lipinski definition) is 1. The summed E-state index contributed by atoms with van der Waals surface area (Å²) in [4.78, 5) is 0. The third-order valence-electron chi connectivity index (χ3n) is 3.95. The molecule has 1 nitrogen and oxygen atoms in total. The summed E-state index contributed by atoms with van der Waals surface area (Å²) >= 11 is 12.3. The van der Waals surface area contributed by atoms with Gasteiger partial charge in [0.05, 0.1) is 0 Å². The second kappa shape index (κ2) is 5.17. The minimum atomic E-state index is 0.219. The van der Waals surface area contributed by atoms with Crippen molar-refractivity contribution < 1.29 is 0 Å². The summed E-state index contributed by atoms with van der Waals surface area (Å²) in [5, 5.41) is 4.82. The lowest BCUT2D eigenvalue weighted by Crippen LogP contribution is -2.48. The Morgan fingerprint density at radius 2 is 2.06 bits per heavy atom. The van der Waals surface area contributed by atoms with E-state index in [2.05, 4.69) is 18.3 Å². The van der Waals surface area contributed by atoms with Gasteiger partial charge in [0.15, 0.2) is 0 Å². The average molecular weight is 272 g/mol. The van der Waals surface area contributed by atoms with Gasteiger partial charge in [-0.25, -0.2) is 0 Å². The van der Waals surface area contributed by atoms with E-state index in [1.54, 1.807) is 0 Å². The van der Waals surface area contributed by atoms with E-state index in [4.69, 9.17) is 23.2 Å². The highest BCUT2D eigenvalue weighted by Crippen LogP contribution is 2.50. The number of nitrogens with one attached hydrogen (secondary N) is 1. The number of rotatable bonds is 4. The minimum Gasteiger partial charge on any atom is -0.319 e. The molecule has 0 unspecified atom stereocenters. The van der Waals surface area contributed by atoms with E-state index in [0.717, 1.165) is 17.5 Å². The Morgan fingerprint density at radius 1 is 1.35 bits per heavy atom. The fourth-order valence-electron chi connectivity index (χ4n) is 3.05. The van der Waals surface area contributed by atoms with Gasteiger partial charge in [-0.2, -0.15) is 0 Å². The SMILES string of the molecule is CCC1CC(CNC)(c2ccc(Cl)cc2Cl)C1. The molecular formula is C14H19Cl2N. The van der Waals surface area contributed by atoms with Crippen LogP contribution < -0.4 is 5.32 Å². The number of likely N-dealkylation sites (N-methyl/N-ethyl adjacent to an activating group) is 1. The van der Waals surface area contributed by atoms with Crippen molar-refractivity contribution in [3.8, 4) is 0 Å². The van der Waals surface area contributed by atoms with Crippen molar-refractivity contribution in [2.75, 3.05) is 13.6 Å². The maximum absolute atomic E-state index is 6.34. The fourth-order valence-corrected chi connectivity index (χ4v) is 3.66. The Labute approximate surface area is 114 Å². The van der Waals surface area contributed by atoms with E-state index in [-0.39, 0.29) is 5.41 Å². The second-order valence-corrected chi connectivity index (χ2v) is 5.96. The van der Waals surface area contributed by atoms with E-state index < -0.39 is 0 Å². The minimum absolute atomic E-state index is 0.219. The van der Waals surface area contributed by atoms with E-state index >= 15 is 0 Å². The molecule has 0 saturated heterocycles. The van der Waals surface area contributed by atoms with E-state index in [1.165, 1.54) is 24.8 Å². The molecule has 0 spiro atoms. The van der Waals surface area contributed by atoms with Gasteiger partial charge in [-0.05, 0) is 43.5 Å². The van der Waals surface area contributed by atoms with Crippen LogP contribution in [0.2, 0.25) is 10.0 Å². The molecule has 1 aromatic carbocycles. The first-order valence-corrected chi connectivity index (χ1v) is 6.97. The fraction of sp³-hybridized carbons (Fsp3) is 0.571.